The molecule has 0 saturated heterocycles. The second-order valence-corrected chi connectivity index (χ2v) is 6.09. The number of amides is 1. The molecular formula is C21H23N2O2+. The Hall–Kier alpha value is -2.85. The molecule has 0 aliphatic carbocycles. The highest BCUT2D eigenvalue weighted by Crippen LogP contribution is 2.18. The maximum Gasteiger partial charge on any atom is 0.278 e. The van der Waals surface area contributed by atoms with Crippen LogP contribution in [0.15, 0.2) is 83.5 Å². The van der Waals surface area contributed by atoms with Gasteiger partial charge in [0.1, 0.15) is 0 Å². The summed E-state index contributed by atoms with van der Waals surface area (Å²) >= 11 is 0. The van der Waals surface area contributed by atoms with Gasteiger partial charge in [0.2, 0.25) is 0 Å². The number of rotatable bonds is 7. The van der Waals surface area contributed by atoms with Crippen LogP contribution < -0.4 is 10.6 Å². The summed E-state index contributed by atoms with van der Waals surface area (Å²) < 4.78 is 5.60. The predicted molar refractivity (Wildman–Crippen MR) is 96.7 cm³/mol. The third-order valence-corrected chi connectivity index (χ3v) is 4.21. The number of nitrogens with two attached hydrogens (primary N) is 1. The van der Waals surface area contributed by atoms with Gasteiger partial charge in [-0.2, -0.15) is 0 Å². The highest BCUT2D eigenvalue weighted by atomic mass is 16.3. The topological polar surface area (TPSA) is 58.9 Å². The Morgan fingerprint density at radius 3 is 2.32 bits per heavy atom. The van der Waals surface area contributed by atoms with E-state index in [1.54, 1.807) is 6.26 Å². The van der Waals surface area contributed by atoms with Gasteiger partial charge in [0.05, 0.1) is 6.26 Å². The van der Waals surface area contributed by atoms with Crippen molar-refractivity contribution in [2.24, 2.45) is 0 Å². The van der Waals surface area contributed by atoms with Gasteiger partial charge in [-0.3, -0.25) is 4.79 Å². The van der Waals surface area contributed by atoms with E-state index in [-0.39, 0.29) is 18.0 Å². The third kappa shape index (κ3) is 4.58. The minimum absolute atomic E-state index is 0.0105. The molecule has 0 aliphatic rings. The molecule has 0 bridgehead atoms. The third-order valence-electron chi connectivity index (χ3n) is 4.21. The Morgan fingerprint density at radius 1 is 1.00 bits per heavy atom. The molecule has 3 aromatic rings. The van der Waals surface area contributed by atoms with Gasteiger partial charge in [-0.15, -0.1) is 0 Å². The van der Waals surface area contributed by atoms with Crippen molar-refractivity contribution in [2.75, 3.05) is 0 Å². The van der Waals surface area contributed by atoms with Crippen molar-refractivity contribution in [3.63, 3.8) is 0 Å². The lowest BCUT2D eigenvalue weighted by molar-refractivity contribution is -0.706. The fourth-order valence-electron chi connectivity index (χ4n) is 2.82. The van der Waals surface area contributed by atoms with E-state index < -0.39 is 0 Å². The molecule has 3 N–H and O–H groups in total. The second kappa shape index (κ2) is 8.31. The first-order valence-electron chi connectivity index (χ1n) is 8.49. The van der Waals surface area contributed by atoms with Crippen molar-refractivity contribution in [3.05, 3.63) is 95.9 Å². The Balaban J connectivity index is 1.66. The van der Waals surface area contributed by atoms with Crippen LogP contribution in [0.5, 0.6) is 0 Å². The molecule has 0 aliphatic heterocycles. The summed E-state index contributed by atoms with van der Waals surface area (Å²) in [5.41, 5.74) is 2.20. The molecule has 1 heterocycles. The Labute approximate surface area is 147 Å². The average molecular weight is 335 g/mol. The van der Waals surface area contributed by atoms with Crippen LogP contribution in [0.3, 0.4) is 0 Å². The Kier molecular flexibility index (Phi) is 5.65. The standard InChI is InChI=1S/C21H22N2O2/c1-16(21(24)22-15-17-9-4-2-5-10-17)23-20(19-13-8-14-25-19)18-11-6-3-7-12-18/h2-14,16,20,23H,15H2,1H3,(H,22,24)/p+1/t16-,20+/m0/s1. The molecule has 1 aromatic heterocycles. The van der Waals surface area contributed by atoms with E-state index >= 15 is 0 Å². The molecule has 0 saturated carbocycles. The lowest BCUT2D eigenvalue weighted by Crippen LogP contribution is -2.92. The van der Waals surface area contributed by atoms with E-state index in [9.17, 15) is 4.79 Å². The zero-order valence-corrected chi connectivity index (χ0v) is 14.3. The Bertz CT molecular complexity index is 770. The number of hydrogen-bond donors (Lipinski definition) is 2. The number of nitrogens with one attached hydrogen (secondary N) is 1. The van der Waals surface area contributed by atoms with Gasteiger partial charge in [-0.05, 0) is 24.6 Å². The summed E-state index contributed by atoms with van der Waals surface area (Å²) in [4.78, 5) is 12.5. The maximum atomic E-state index is 12.5. The average Bonchev–Trinajstić information content (AvgIpc) is 3.20. The minimum atomic E-state index is -0.237. The smallest absolute Gasteiger partial charge is 0.278 e. The van der Waals surface area contributed by atoms with E-state index in [1.807, 2.05) is 72.9 Å². The zero-order chi connectivity index (χ0) is 17.5. The van der Waals surface area contributed by atoms with Gasteiger partial charge < -0.3 is 15.1 Å². The van der Waals surface area contributed by atoms with Crippen LogP contribution in [0.25, 0.3) is 0 Å². The molecule has 2 aromatic carbocycles. The second-order valence-electron chi connectivity index (χ2n) is 6.09. The van der Waals surface area contributed by atoms with Gasteiger partial charge in [0.15, 0.2) is 17.8 Å². The molecule has 4 nitrogen and oxygen atoms in total. The summed E-state index contributed by atoms with van der Waals surface area (Å²) in [6.07, 6.45) is 1.67. The SMILES string of the molecule is C[C@H]([NH2+][C@H](c1ccccc1)c1ccco1)C(=O)NCc1ccccc1. The molecule has 1 amide bonds. The monoisotopic (exact) mass is 335 g/mol. The maximum absolute atomic E-state index is 12.5. The van der Waals surface area contributed by atoms with E-state index in [1.165, 1.54) is 0 Å². The summed E-state index contributed by atoms with van der Waals surface area (Å²) in [7, 11) is 0. The molecule has 3 rings (SSSR count). The molecule has 0 radical (unpaired) electrons. The van der Waals surface area contributed by atoms with Gasteiger partial charge in [0, 0.05) is 12.1 Å². The predicted octanol–water partition coefficient (Wildman–Crippen LogP) is 2.64. The van der Waals surface area contributed by atoms with Gasteiger partial charge >= 0.3 is 0 Å². The van der Waals surface area contributed by atoms with Crippen molar-refractivity contribution in [1.82, 2.24) is 5.32 Å². The lowest BCUT2D eigenvalue weighted by atomic mass is 10.0. The fourth-order valence-corrected chi connectivity index (χ4v) is 2.82. The zero-order valence-electron chi connectivity index (χ0n) is 14.3. The van der Waals surface area contributed by atoms with Crippen LogP contribution in [-0.4, -0.2) is 11.9 Å². The highest BCUT2D eigenvalue weighted by Gasteiger charge is 2.26. The number of furan rings is 1. The normalized spacial score (nSPS) is 13.2. The number of carbonyl (C=O) groups is 1. The highest BCUT2D eigenvalue weighted by molar-refractivity contribution is 5.79. The van der Waals surface area contributed by atoms with Crippen LogP contribution in [0.1, 0.15) is 29.9 Å². The van der Waals surface area contributed by atoms with E-state index in [2.05, 4.69) is 17.4 Å². The van der Waals surface area contributed by atoms with Crippen LogP contribution in [-0.2, 0) is 11.3 Å². The summed E-state index contributed by atoms with van der Waals surface area (Å²) in [5.74, 6) is 0.852. The van der Waals surface area contributed by atoms with Crippen molar-refractivity contribution < 1.29 is 14.5 Å². The first-order chi connectivity index (χ1) is 12.2. The molecule has 4 heteroatoms. The van der Waals surface area contributed by atoms with Crippen molar-refractivity contribution >= 4 is 5.91 Å². The first-order valence-corrected chi connectivity index (χ1v) is 8.49. The molecule has 25 heavy (non-hydrogen) atoms. The van der Waals surface area contributed by atoms with Crippen molar-refractivity contribution in [2.45, 2.75) is 25.6 Å². The minimum Gasteiger partial charge on any atom is -0.463 e. The van der Waals surface area contributed by atoms with Crippen LogP contribution >= 0.6 is 0 Å². The van der Waals surface area contributed by atoms with Crippen LogP contribution in [0.2, 0.25) is 0 Å². The van der Waals surface area contributed by atoms with Crippen LogP contribution in [0, 0.1) is 0 Å². The summed E-state index contributed by atoms with van der Waals surface area (Å²) in [6, 6.07) is 23.5. The molecule has 0 fully saturated rings. The van der Waals surface area contributed by atoms with Gasteiger partial charge in [-0.1, -0.05) is 60.7 Å². The van der Waals surface area contributed by atoms with Crippen molar-refractivity contribution in [1.29, 1.82) is 0 Å². The molecule has 0 unspecified atom stereocenters. The summed E-state index contributed by atoms with van der Waals surface area (Å²) in [6.45, 7) is 2.45. The fraction of sp³-hybridized carbons (Fsp3) is 0.190. The number of carbonyl (C=O) groups excluding carboxylic acids is 1. The number of hydrogen-bond acceptors (Lipinski definition) is 2. The summed E-state index contributed by atoms with van der Waals surface area (Å²) in [5, 5.41) is 5.04. The molecule has 128 valence electrons. The number of quaternary nitrogens is 1. The van der Waals surface area contributed by atoms with E-state index in [0.717, 1.165) is 16.9 Å². The van der Waals surface area contributed by atoms with Crippen molar-refractivity contribution in [3.8, 4) is 0 Å². The molecular weight excluding hydrogens is 312 g/mol. The first kappa shape index (κ1) is 17.0. The quantitative estimate of drug-likeness (QED) is 0.697. The lowest BCUT2D eigenvalue weighted by Gasteiger charge is -2.18. The van der Waals surface area contributed by atoms with Gasteiger partial charge in [0.25, 0.3) is 5.91 Å². The number of benzene rings is 2. The van der Waals surface area contributed by atoms with E-state index in [0.29, 0.717) is 6.54 Å². The largest absolute Gasteiger partial charge is 0.463 e. The van der Waals surface area contributed by atoms with E-state index in [4.69, 9.17) is 4.42 Å². The Morgan fingerprint density at radius 2 is 1.68 bits per heavy atom. The molecule has 2 atom stereocenters. The van der Waals surface area contributed by atoms with Gasteiger partial charge in [-0.25, -0.2) is 0 Å². The van der Waals surface area contributed by atoms with Crippen LogP contribution in [0.4, 0.5) is 0 Å². The molecule has 0 spiro atoms.